The maximum absolute atomic E-state index is 12.2. The molecule has 0 saturated heterocycles. The average Bonchev–Trinajstić information content (AvgIpc) is 2.79. The van der Waals surface area contributed by atoms with Gasteiger partial charge in [-0.25, -0.2) is 4.98 Å². The second kappa shape index (κ2) is 5.95. The van der Waals surface area contributed by atoms with Gasteiger partial charge in [0.15, 0.2) is 5.13 Å². The molecule has 104 valence electrons. The first-order valence-corrected chi connectivity index (χ1v) is 8.78. The SMILES string of the molecule is O=C(Nc1nc2c(s1)CCCC2)c1cc(Br)cc(Br)c1. The van der Waals surface area contributed by atoms with Crippen LogP contribution in [0.15, 0.2) is 27.1 Å². The van der Waals surface area contributed by atoms with Crippen LogP contribution in [0.3, 0.4) is 0 Å². The van der Waals surface area contributed by atoms with Crippen LogP contribution in [0.1, 0.15) is 33.8 Å². The van der Waals surface area contributed by atoms with Crippen LogP contribution >= 0.6 is 43.2 Å². The van der Waals surface area contributed by atoms with E-state index in [1.807, 2.05) is 6.07 Å². The summed E-state index contributed by atoms with van der Waals surface area (Å²) >= 11 is 8.38. The van der Waals surface area contributed by atoms with Crippen LogP contribution in [-0.2, 0) is 12.8 Å². The molecule has 1 aromatic carbocycles. The van der Waals surface area contributed by atoms with E-state index < -0.39 is 0 Å². The molecule has 1 N–H and O–H groups in total. The number of aromatic nitrogens is 1. The molecule has 1 amide bonds. The summed E-state index contributed by atoms with van der Waals surface area (Å²) in [5.74, 6) is -0.127. The fourth-order valence-electron chi connectivity index (χ4n) is 2.26. The summed E-state index contributed by atoms with van der Waals surface area (Å²) in [6.07, 6.45) is 4.54. The van der Waals surface area contributed by atoms with Gasteiger partial charge in [0.25, 0.3) is 5.91 Å². The van der Waals surface area contributed by atoms with Crippen molar-refractivity contribution < 1.29 is 4.79 Å². The number of thiazole rings is 1. The van der Waals surface area contributed by atoms with Crippen LogP contribution in [0.4, 0.5) is 5.13 Å². The van der Waals surface area contributed by atoms with Gasteiger partial charge in [-0.1, -0.05) is 31.9 Å². The Morgan fingerprint density at radius 3 is 2.55 bits per heavy atom. The molecule has 2 aromatic rings. The van der Waals surface area contributed by atoms with Crippen LogP contribution in [0, 0.1) is 0 Å². The van der Waals surface area contributed by atoms with E-state index in [1.165, 1.54) is 17.7 Å². The van der Waals surface area contributed by atoms with Crippen LogP contribution < -0.4 is 5.32 Å². The zero-order valence-electron chi connectivity index (χ0n) is 10.6. The molecule has 1 aliphatic rings. The highest BCUT2D eigenvalue weighted by atomic mass is 79.9. The average molecular weight is 416 g/mol. The molecule has 0 radical (unpaired) electrons. The lowest BCUT2D eigenvalue weighted by molar-refractivity contribution is 0.102. The lowest BCUT2D eigenvalue weighted by Crippen LogP contribution is -2.11. The Morgan fingerprint density at radius 1 is 1.15 bits per heavy atom. The van der Waals surface area contributed by atoms with Crippen LogP contribution in [0.5, 0.6) is 0 Å². The summed E-state index contributed by atoms with van der Waals surface area (Å²) in [5.41, 5.74) is 1.77. The Balaban J connectivity index is 1.80. The fraction of sp³-hybridized carbons (Fsp3) is 0.286. The Kier molecular flexibility index (Phi) is 4.23. The molecular formula is C14H12Br2N2OS. The summed E-state index contributed by atoms with van der Waals surface area (Å²) in [6, 6.07) is 5.50. The fourth-order valence-corrected chi connectivity index (χ4v) is 4.60. The number of nitrogens with zero attached hydrogens (tertiary/aromatic N) is 1. The molecule has 1 heterocycles. The highest BCUT2D eigenvalue weighted by Crippen LogP contribution is 2.30. The molecule has 0 aliphatic heterocycles. The van der Waals surface area contributed by atoms with Gasteiger partial charge in [0, 0.05) is 19.4 Å². The van der Waals surface area contributed by atoms with Crippen LogP contribution in [0.2, 0.25) is 0 Å². The van der Waals surface area contributed by atoms with E-state index in [1.54, 1.807) is 23.5 Å². The third-order valence-electron chi connectivity index (χ3n) is 3.19. The number of carbonyl (C=O) groups is 1. The van der Waals surface area contributed by atoms with Crippen molar-refractivity contribution in [3.05, 3.63) is 43.3 Å². The molecule has 1 aromatic heterocycles. The first-order valence-electron chi connectivity index (χ1n) is 6.38. The first kappa shape index (κ1) is 14.2. The van der Waals surface area contributed by atoms with Crippen molar-refractivity contribution >= 4 is 54.2 Å². The second-order valence-electron chi connectivity index (χ2n) is 4.71. The molecule has 1 aliphatic carbocycles. The molecule has 3 rings (SSSR count). The third kappa shape index (κ3) is 3.13. The van der Waals surface area contributed by atoms with E-state index in [0.717, 1.165) is 27.5 Å². The van der Waals surface area contributed by atoms with Crippen molar-refractivity contribution in [1.82, 2.24) is 4.98 Å². The largest absolute Gasteiger partial charge is 0.298 e. The van der Waals surface area contributed by atoms with E-state index in [4.69, 9.17) is 0 Å². The van der Waals surface area contributed by atoms with E-state index in [2.05, 4.69) is 42.2 Å². The van der Waals surface area contributed by atoms with E-state index >= 15 is 0 Å². The number of hydrogen-bond donors (Lipinski definition) is 1. The number of anilines is 1. The van der Waals surface area contributed by atoms with Gasteiger partial charge in [-0.3, -0.25) is 10.1 Å². The maximum atomic E-state index is 12.2. The highest BCUT2D eigenvalue weighted by molar-refractivity contribution is 9.11. The number of nitrogens with one attached hydrogen (secondary N) is 1. The van der Waals surface area contributed by atoms with Gasteiger partial charge < -0.3 is 0 Å². The molecule has 0 unspecified atom stereocenters. The number of benzene rings is 1. The quantitative estimate of drug-likeness (QED) is 0.765. The lowest BCUT2D eigenvalue weighted by Gasteiger charge is -2.06. The highest BCUT2D eigenvalue weighted by Gasteiger charge is 2.17. The van der Waals surface area contributed by atoms with Crippen molar-refractivity contribution in [2.45, 2.75) is 25.7 Å². The maximum Gasteiger partial charge on any atom is 0.257 e. The molecule has 0 atom stereocenters. The summed E-state index contributed by atoms with van der Waals surface area (Å²) in [6.45, 7) is 0. The zero-order chi connectivity index (χ0) is 14.1. The number of rotatable bonds is 2. The summed E-state index contributed by atoms with van der Waals surface area (Å²) in [4.78, 5) is 18.1. The summed E-state index contributed by atoms with van der Waals surface area (Å²) in [5, 5.41) is 3.60. The zero-order valence-corrected chi connectivity index (χ0v) is 14.6. The van der Waals surface area contributed by atoms with E-state index in [9.17, 15) is 4.79 Å². The molecule has 0 bridgehead atoms. The van der Waals surface area contributed by atoms with Gasteiger partial charge in [-0.05, 0) is 43.9 Å². The Morgan fingerprint density at radius 2 is 1.85 bits per heavy atom. The van der Waals surface area contributed by atoms with Crippen LogP contribution in [-0.4, -0.2) is 10.9 Å². The van der Waals surface area contributed by atoms with Gasteiger partial charge >= 0.3 is 0 Å². The smallest absolute Gasteiger partial charge is 0.257 e. The minimum absolute atomic E-state index is 0.127. The van der Waals surface area contributed by atoms with E-state index in [-0.39, 0.29) is 5.91 Å². The van der Waals surface area contributed by atoms with Crippen molar-refractivity contribution in [1.29, 1.82) is 0 Å². The van der Waals surface area contributed by atoms with Crippen molar-refractivity contribution in [2.75, 3.05) is 5.32 Å². The monoisotopic (exact) mass is 414 g/mol. The predicted octanol–water partition coefficient (Wildman–Crippen LogP) is 4.80. The number of carbonyl (C=O) groups excluding carboxylic acids is 1. The second-order valence-corrected chi connectivity index (χ2v) is 7.62. The number of amides is 1. The Hall–Kier alpha value is -0.720. The molecule has 0 saturated carbocycles. The standard InChI is InChI=1S/C14H12Br2N2OS/c15-9-5-8(6-10(16)7-9)13(19)18-14-17-11-3-1-2-4-12(11)20-14/h5-7H,1-4H2,(H,17,18,19). The van der Waals surface area contributed by atoms with Gasteiger partial charge in [0.1, 0.15) is 0 Å². The predicted molar refractivity (Wildman–Crippen MR) is 88.6 cm³/mol. The van der Waals surface area contributed by atoms with Gasteiger partial charge in [0.05, 0.1) is 5.69 Å². The molecule has 0 spiro atoms. The first-order chi connectivity index (χ1) is 9.61. The molecule has 6 heteroatoms. The van der Waals surface area contributed by atoms with Crippen molar-refractivity contribution in [3.63, 3.8) is 0 Å². The number of hydrogen-bond acceptors (Lipinski definition) is 3. The van der Waals surface area contributed by atoms with Crippen molar-refractivity contribution in [2.24, 2.45) is 0 Å². The Bertz CT molecular complexity index is 625. The van der Waals surface area contributed by atoms with Crippen LogP contribution in [0.25, 0.3) is 0 Å². The Labute approximate surface area is 138 Å². The normalized spacial score (nSPS) is 13.9. The molecule has 3 nitrogen and oxygen atoms in total. The molecule has 0 fully saturated rings. The summed E-state index contributed by atoms with van der Waals surface area (Å²) in [7, 11) is 0. The van der Waals surface area contributed by atoms with Crippen molar-refractivity contribution in [3.8, 4) is 0 Å². The molecule has 20 heavy (non-hydrogen) atoms. The summed E-state index contributed by atoms with van der Waals surface area (Å²) < 4.78 is 1.74. The topological polar surface area (TPSA) is 42.0 Å². The number of halogens is 2. The van der Waals surface area contributed by atoms with E-state index in [0.29, 0.717) is 10.7 Å². The van der Waals surface area contributed by atoms with Gasteiger partial charge in [0.2, 0.25) is 0 Å². The number of aryl methyl sites for hydroxylation is 2. The van der Waals surface area contributed by atoms with Gasteiger partial charge in [-0.15, -0.1) is 11.3 Å². The minimum atomic E-state index is -0.127. The van der Waals surface area contributed by atoms with Gasteiger partial charge in [-0.2, -0.15) is 0 Å². The molecular weight excluding hydrogens is 404 g/mol. The lowest BCUT2D eigenvalue weighted by atomic mass is 10.0. The third-order valence-corrected chi connectivity index (χ3v) is 5.18. The minimum Gasteiger partial charge on any atom is -0.298 e. The number of fused-ring (bicyclic) bond motifs is 1.